The van der Waals surface area contributed by atoms with Gasteiger partial charge < -0.3 is 14.7 Å². The smallest absolute Gasteiger partial charge is 0.317 e. The second-order valence-corrected chi connectivity index (χ2v) is 6.83. The van der Waals surface area contributed by atoms with Crippen molar-refractivity contribution in [3.63, 3.8) is 0 Å². The van der Waals surface area contributed by atoms with Crippen LogP contribution in [-0.4, -0.2) is 66.8 Å². The molecule has 0 spiro atoms. The Morgan fingerprint density at radius 2 is 1.96 bits per heavy atom. The van der Waals surface area contributed by atoms with Crippen LogP contribution in [0.15, 0.2) is 18.2 Å². The molecule has 0 aliphatic carbocycles. The highest BCUT2D eigenvalue weighted by molar-refractivity contribution is 5.85. The number of halogens is 1. The van der Waals surface area contributed by atoms with E-state index >= 15 is 0 Å². The van der Waals surface area contributed by atoms with E-state index in [4.69, 9.17) is 9.84 Å². The molecule has 1 heterocycles. The Kier molecular flexibility index (Phi) is 9.25. The summed E-state index contributed by atoms with van der Waals surface area (Å²) in [6, 6.07) is 6.62. The highest BCUT2D eigenvalue weighted by atomic mass is 35.5. The van der Waals surface area contributed by atoms with Crippen LogP contribution in [-0.2, 0) is 4.79 Å². The fourth-order valence-corrected chi connectivity index (χ4v) is 3.21. The molecule has 1 saturated heterocycles. The van der Waals surface area contributed by atoms with Crippen molar-refractivity contribution in [2.24, 2.45) is 0 Å². The summed E-state index contributed by atoms with van der Waals surface area (Å²) in [5.41, 5.74) is 2.55. The molecule has 0 radical (unpaired) electrons. The van der Waals surface area contributed by atoms with Gasteiger partial charge in [-0.05, 0) is 76.5 Å². The first kappa shape index (κ1) is 21.7. The van der Waals surface area contributed by atoms with Crippen LogP contribution in [0, 0.1) is 13.8 Å². The molecule has 25 heavy (non-hydrogen) atoms. The van der Waals surface area contributed by atoms with Crippen molar-refractivity contribution in [3.05, 3.63) is 29.3 Å². The third kappa shape index (κ3) is 7.22. The fraction of sp³-hybridized carbons (Fsp3) is 0.632. The predicted octanol–water partition coefficient (Wildman–Crippen LogP) is 2.97. The van der Waals surface area contributed by atoms with Crippen molar-refractivity contribution in [2.75, 3.05) is 39.8 Å². The molecule has 0 saturated carbocycles. The molecule has 1 aromatic rings. The molecule has 1 fully saturated rings. The van der Waals surface area contributed by atoms with Crippen molar-refractivity contribution < 1.29 is 14.6 Å². The molecule has 5 nitrogen and oxygen atoms in total. The van der Waals surface area contributed by atoms with E-state index in [9.17, 15) is 4.79 Å². The second-order valence-electron chi connectivity index (χ2n) is 6.83. The van der Waals surface area contributed by atoms with Gasteiger partial charge in [-0.3, -0.25) is 9.69 Å². The number of nitrogens with zero attached hydrogens (tertiary/aromatic N) is 2. The Morgan fingerprint density at radius 3 is 2.56 bits per heavy atom. The molecule has 1 aliphatic heterocycles. The van der Waals surface area contributed by atoms with E-state index in [1.807, 2.05) is 18.0 Å². The number of carboxylic acids is 1. The highest BCUT2D eigenvalue weighted by Crippen LogP contribution is 2.17. The van der Waals surface area contributed by atoms with Crippen LogP contribution in [0.3, 0.4) is 0 Å². The van der Waals surface area contributed by atoms with E-state index in [-0.39, 0.29) is 19.0 Å². The standard InChI is InChI=1S/C19H30N2O3.ClH/c1-15-5-6-18(13-16(15)2)24-12-4-9-21-10-7-17(8-11-21)20(3)14-19(22)23;/h5-6,13,17H,4,7-12,14H2,1-3H3,(H,22,23);1H. The van der Waals surface area contributed by atoms with Gasteiger partial charge in [-0.1, -0.05) is 6.07 Å². The number of likely N-dealkylation sites (N-methyl/N-ethyl adjacent to an activating group) is 1. The SMILES string of the molecule is Cc1ccc(OCCCN2CCC(N(C)CC(=O)O)CC2)cc1C.Cl. The van der Waals surface area contributed by atoms with Gasteiger partial charge in [0, 0.05) is 12.6 Å². The Balaban J connectivity index is 0.00000312. The maximum atomic E-state index is 10.8. The van der Waals surface area contributed by atoms with Crippen molar-refractivity contribution in [2.45, 2.75) is 39.2 Å². The summed E-state index contributed by atoms with van der Waals surface area (Å²) in [5.74, 6) is 0.204. The molecule has 142 valence electrons. The molecule has 0 atom stereocenters. The number of carbonyl (C=O) groups is 1. The molecular formula is C19H31ClN2O3. The second kappa shape index (κ2) is 10.6. The molecule has 1 N–H and O–H groups in total. The summed E-state index contributed by atoms with van der Waals surface area (Å²) in [5, 5.41) is 8.87. The Bertz CT molecular complexity index is 545. The Labute approximate surface area is 157 Å². The molecular weight excluding hydrogens is 340 g/mol. The first-order valence-corrected chi connectivity index (χ1v) is 8.80. The average molecular weight is 371 g/mol. The van der Waals surface area contributed by atoms with Crippen LogP contribution >= 0.6 is 12.4 Å². The molecule has 1 aliphatic rings. The van der Waals surface area contributed by atoms with E-state index < -0.39 is 5.97 Å². The maximum Gasteiger partial charge on any atom is 0.317 e. The quantitative estimate of drug-likeness (QED) is 0.713. The normalized spacial score (nSPS) is 15.8. The van der Waals surface area contributed by atoms with Crippen molar-refractivity contribution in [1.82, 2.24) is 9.80 Å². The predicted molar refractivity (Wildman–Crippen MR) is 103 cm³/mol. The van der Waals surface area contributed by atoms with Gasteiger partial charge in [-0.25, -0.2) is 0 Å². The van der Waals surface area contributed by atoms with E-state index in [1.54, 1.807) is 0 Å². The number of rotatable bonds is 8. The molecule has 0 amide bonds. The van der Waals surface area contributed by atoms with Crippen LogP contribution in [0.5, 0.6) is 5.75 Å². The Morgan fingerprint density at radius 1 is 1.28 bits per heavy atom. The van der Waals surface area contributed by atoms with E-state index in [1.165, 1.54) is 11.1 Å². The first-order valence-electron chi connectivity index (χ1n) is 8.80. The molecule has 0 unspecified atom stereocenters. The first-order chi connectivity index (χ1) is 11.5. The fourth-order valence-electron chi connectivity index (χ4n) is 3.21. The number of aryl methyl sites for hydroxylation is 2. The highest BCUT2D eigenvalue weighted by Gasteiger charge is 2.23. The lowest BCUT2D eigenvalue weighted by atomic mass is 10.0. The molecule has 1 aromatic carbocycles. The number of likely N-dealkylation sites (tertiary alicyclic amines) is 1. The number of hydrogen-bond donors (Lipinski definition) is 1. The van der Waals surface area contributed by atoms with E-state index in [0.29, 0.717) is 6.04 Å². The van der Waals surface area contributed by atoms with Gasteiger partial charge in [0.1, 0.15) is 5.75 Å². The topological polar surface area (TPSA) is 53.0 Å². The molecule has 2 rings (SSSR count). The van der Waals surface area contributed by atoms with Crippen LogP contribution in [0.4, 0.5) is 0 Å². The van der Waals surface area contributed by atoms with Crippen LogP contribution < -0.4 is 4.74 Å². The number of piperidine rings is 1. The molecule has 0 bridgehead atoms. The zero-order valence-electron chi connectivity index (χ0n) is 15.5. The van der Waals surface area contributed by atoms with Crippen LogP contribution in [0.1, 0.15) is 30.4 Å². The number of hydrogen-bond acceptors (Lipinski definition) is 4. The third-order valence-electron chi connectivity index (χ3n) is 4.93. The largest absolute Gasteiger partial charge is 0.494 e. The zero-order valence-corrected chi connectivity index (χ0v) is 16.3. The molecule has 6 heteroatoms. The third-order valence-corrected chi connectivity index (χ3v) is 4.93. The molecule has 0 aromatic heterocycles. The Hall–Kier alpha value is -1.30. The monoisotopic (exact) mass is 370 g/mol. The van der Waals surface area contributed by atoms with Crippen molar-refractivity contribution in [3.8, 4) is 5.75 Å². The number of benzene rings is 1. The lowest BCUT2D eigenvalue weighted by Gasteiger charge is -2.36. The minimum absolute atomic E-state index is 0. The minimum Gasteiger partial charge on any atom is -0.494 e. The number of aliphatic carboxylic acids is 1. The van der Waals surface area contributed by atoms with Gasteiger partial charge in [-0.2, -0.15) is 0 Å². The summed E-state index contributed by atoms with van der Waals surface area (Å²) in [7, 11) is 1.91. The van der Waals surface area contributed by atoms with E-state index in [2.05, 4.69) is 30.9 Å². The van der Waals surface area contributed by atoms with Crippen LogP contribution in [0.2, 0.25) is 0 Å². The average Bonchev–Trinajstić information content (AvgIpc) is 2.54. The van der Waals surface area contributed by atoms with Crippen LogP contribution in [0.25, 0.3) is 0 Å². The van der Waals surface area contributed by atoms with Gasteiger partial charge in [0.15, 0.2) is 0 Å². The summed E-state index contributed by atoms with van der Waals surface area (Å²) < 4.78 is 5.84. The maximum absolute atomic E-state index is 10.8. The van der Waals surface area contributed by atoms with E-state index in [0.717, 1.165) is 51.3 Å². The summed E-state index contributed by atoms with van der Waals surface area (Å²) in [6.45, 7) is 8.21. The van der Waals surface area contributed by atoms with Gasteiger partial charge >= 0.3 is 5.97 Å². The van der Waals surface area contributed by atoms with Crippen molar-refractivity contribution in [1.29, 1.82) is 0 Å². The van der Waals surface area contributed by atoms with Gasteiger partial charge in [0.2, 0.25) is 0 Å². The summed E-state index contributed by atoms with van der Waals surface area (Å²) >= 11 is 0. The van der Waals surface area contributed by atoms with Gasteiger partial charge in [-0.15, -0.1) is 12.4 Å². The lowest BCUT2D eigenvalue weighted by molar-refractivity contribution is -0.138. The van der Waals surface area contributed by atoms with Gasteiger partial charge in [0.05, 0.1) is 13.2 Å². The summed E-state index contributed by atoms with van der Waals surface area (Å²) in [6.07, 6.45) is 3.10. The minimum atomic E-state index is -0.747. The van der Waals surface area contributed by atoms with Gasteiger partial charge in [0.25, 0.3) is 0 Å². The lowest BCUT2D eigenvalue weighted by Crippen LogP contribution is -2.45. The number of carboxylic acid groups (broad SMARTS) is 1. The van der Waals surface area contributed by atoms with Crippen molar-refractivity contribution >= 4 is 18.4 Å². The summed E-state index contributed by atoms with van der Waals surface area (Å²) in [4.78, 5) is 15.2. The number of ether oxygens (including phenoxy) is 1. The zero-order chi connectivity index (χ0) is 17.5.